The lowest BCUT2D eigenvalue weighted by Gasteiger charge is -2.21. The molecule has 11 nitrogen and oxygen atoms in total. The Labute approximate surface area is 178 Å². The lowest BCUT2D eigenvalue weighted by atomic mass is 10.1. The van der Waals surface area contributed by atoms with Crippen LogP contribution in [0.25, 0.3) is 6.08 Å². The molecule has 0 radical (unpaired) electrons. The normalized spacial score (nSPS) is 12.1. The molecule has 0 aliphatic carbocycles. The second-order valence-electron chi connectivity index (χ2n) is 6.34. The molecule has 11 heteroatoms. The number of aromatic nitrogens is 2. The van der Waals surface area contributed by atoms with E-state index in [0.29, 0.717) is 12.4 Å². The number of amides is 1. The first-order valence-corrected chi connectivity index (χ1v) is 9.28. The number of carbonyl (C=O) groups is 1. The molecule has 0 aliphatic rings. The number of rotatable bonds is 9. The highest BCUT2D eigenvalue weighted by atomic mass is 16.6. The highest BCUT2D eigenvalue weighted by molar-refractivity contribution is 6.01. The summed E-state index contributed by atoms with van der Waals surface area (Å²) < 4.78 is 5.66. The fraction of sp³-hybridized carbons (Fsp3) is 0.300. The smallest absolute Gasteiger partial charge is 0.315 e. The van der Waals surface area contributed by atoms with Crippen LogP contribution in [0.15, 0.2) is 36.2 Å². The van der Waals surface area contributed by atoms with Gasteiger partial charge in [0, 0.05) is 31.5 Å². The molecule has 1 aromatic carbocycles. The van der Waals surface area contributed by atoms with Gasteiger partial charge in [-0.2, -0.15) is 5.26 Å². The third kappa shape index (κ3) is 5.97. The van der Waals surface area contributed by atoms with Crippen molar-refractivity contribution in [3.63, 3.8) is 0 Å². The van der Waals surface area contributed by atoms with Crippen LogP contribution in [0.4, 0.5) is 5.69 Å². The Hall–Kier alpha value is -4.04. The molecule has 0 spiro atoms. The van der Waals surface area contributed by atoms with E-state index in [1.54, 1.807) is 38.4 Å². The SMILES string of the molecule is CCN(CCO[C@H](C)c1ncccn1)C(=O)/C(C#N)=C/c1cc(O)c(O)c([N+](=O)[O-])c1. The van der Waals surface area contributed by atoms with Crippen molar-refractivity contribution >= 4 is 17.7 Å². The number of aromatic hydroxyl groups is 2. The van der Waals surface area contributed by atoms with Crippen molar-refractivity contribution in [2.24, 2.45) is 0 Å². The summed E-state index contributed by atoms with van der Waals surface area (Å²) in [5, 5.41) is 39.7. The van der Waals surface area contributed by atoms with Gasteiger partial charge in [-0.25, -0.2) is 9.97 Å². The highest BCUT2D eigenvalue weighted by Gasteiger charge is 2.21. The van der Waals surface area contributed by atoms with E-state index in [1.807, 2.05) is 0 Å². The van der Waals surface area contributed by atoms with Crippen LogP contribution in [-0.4, -0.2) is 55.6 Å². The van der Waals surface area contributed by atoms with E-state index in [2.05, 4.69) is 9.97 Å². The molecular weight excluding hydrogens is 406 g/mol. The molecule has 1 aromatic heterocycles. The number of hydrogen-bond donors (Lipinski definition) is 2. The molecule has 1 amide bonds. The average Bonchev–Trinajstić information content (AvgIpc) is 2.77. The number of ether oxygens (including phenoxy) is 1. The molecule has 2 aromatic rings. The van der Waals surface area contributed by atoms with E-state index in [-0.39, 0.29) is 30.4 Å². The Bertz CT molecular complexity index is 1020. The quantitative estimate of drug-likeness (QED) is 0.201. The van der Waals surface area contributed by atoms with E-state index in [0.717, 1.165) is 18.2 Å². The first-order valence-electron chi connectivity index (χ1n) is 9.28. The second kappa shape index (κ2) is 10.7. The van der Waals surface area contributed by atoms with Gasteiger partial charge in [0.25, 0.3) is 5.91 Å². The molecule has 31 heavy (non-hydrogen) atoms. The number of benzene rings is 1. The number of hydrogen-bond acceptors (Lipinski definition) is 9. The van der Waals surface area contributed by atoms with Gasteiger partial charge in [0.2, 0.25) is 5.75 Å². The van der Waals surface area contributed by atoms with Crippen molar-refractivity contribution in [3.8, 4) is 17.6 Å². The maximum atomic E-state index is 12.7. The van der Waals surface area contributed by atoms with E-state index < -0.39 is 28.0 Å². The topological polar surface area (TPSA) is 163 Å². The number of nitro benzene ring substituents is 1. The lowest BCUT2D eigenvalue weighted by Crippen LogP contribution is -2.34. The zero-order chi connectivity index (χ0) is 23.0. The van der Waals surface area contributed by atoms with E-state index >= 15 is 0 Å². The van der Waals surface area contributed by atoms with Gasteiger partial charge in [-0.1, -0.05) is 0 Å². The summed E-state index contributed by atoms with van der Waals surface area (Å²) in [6.45, 7) is 4.15. The van der Waals surface area contributed by atoms with Gasteiger partial charge in [-0.15, -0.1) is 0 Å². The number of nitro groups is 1. The fourth-order valence-electron chi connectivity index (χ4n) is 2.66. The Morgan fingerprint density at radius 3 is 2.65 bits per heavy atom. The van der Waals surface area contributed by atoms with Crippen molar-refractivity contribution in [1.82, 2.24) is 14.9 Å². The predicted molar refractivity (Wildman–Crippen MR) is 109 cm³/mol. The van der Waals surface area contributed by atoms with Gasteiger partial charge in [-0.3, -0.25) is 14.9 Å². The number of phenols is 2. The summed E-state index contributed by atoms with van der Waals surface area (Å²) in [7, 11) is 0. The van der Waals surface area contributed by atoms with Crippen molar-refractivity contribution in [2.75, 3.05) is 19.7 Å². The Balaban J connectivity index is 2.12. The Morgan fingerprint density at radius 2 is 2.06 bits per heavy atom. The minimum absolute atomic E-state index is 0.0223. The largest absolute Gasteiger partial charge is 0.504 e. The molecule has 0 bridgehead atoms. The zero-order valence-corrected chi connectivity index (χ0v) is 16.9. The summed E-state index contributed by atoms with van der Waals surface area (Å²) in [5.74, 6) is -1.73. The monoisotopic (exact) mass is 427 g/mol. The molecule has 0 saturated heterocycles. The van der Waals surface area contributed by atoms with Crippen molar-refractivity contribution in [1.29, 1.82) is 5.26 Å². The molecule has 162 valence electrons. The Kier molecular flexibility index (Phi) is 7.99. The number of phenolic OH excluding ortho intramolecular Hbond substituents is 2. The molecule has 0 fully saturated rings. The van der Waals surface area contributed by atoms with Crippen LogP contribution < -0.4 is 0 Å². The third-order valence-electron chi connectivity index (χ3n) is 4.30. The minimum Gasteiger partial charge on any atom is -0.504 e. The Morgan fingerprint density at radius 1 is 1.39 bits per heavy atom. The van der Waals surface area contributed by atoms with E-state index in [9.17, 15) is 30.4 Å². The standard InChI is InChI=1S/C20H21N5O6/c1-3-24(7-8-31-13(2)19-22-5-4-6-23-19)20(28)15(12-21)9-14-10-16(25(29)30)18(27)17(26)11-14/h4-6,9-11,13,26-27H,3,7-8H2,1-2H3/b15-9+/t13-/m1/s1. The van der Waals surface area contributed by atoms with Crippen LogP contribution in [0.3, 0.4) is 0 Å². The van der Waals surface area contributed by atoms with Crippen LogP contribution >= 0.6 is 0 Å². The molecular formula is C20H21N5O6. The van der Waals surface area contributed by atoms with Crippen LogP contribution in [0, 0.1) is 21.4 Å². The van der Waals surface area contributed by atoms with Crippen LogP contribution in [0.1, 0.15) is 31.3 Å². The first kappa shape index (κ1) is 23.2. The number of likely N-dealkylation sites (N-methyl/N-ethyl adjacent to an activating group) is 1. The molecule has 0 aliphatic heterocycles. The molecule has 1 atom stereocenters. The van der Waals surface area contributed by atoms with Gasteiger partial charge in [0.05, 0.1) is 11.5 Å². The fourth-order valence-corrected chi connectivity index (χ4v) is 2.66. The molecule has 0 unspecified atom stereocenters. The van der Waals surface area contributed by atoms with Crippen molar-refractivity contribution < 1.29 is 24.7 Å². The molecule has 0 saturated carbocycles. The highest BCUT2D eigenvalue weighted by Crippen LogP contribution is 2.36. The minimum atomic E-state index is -0.893. The van der Waals surface area contributed by atoms with Gasteiger partial charge in [-0.05, 0) is 37.6 Å². The van der Waals surface area contributed by atoms with Gasteiger partial charge >= 0.3 is 5.69 Å². The maximum absolute atomic E-state index is 12.7. The van der Waals surface area contributed by atoms with Gasteiger partial charge < -0.3 is 19.8 Å². The summed E-state index contributed by atoms with van der Waals surface area (Å²) in [4.78, 5) is 32.4. The van der Waals surface area contributed by atoms with Crippen LogP contribution in [-0.2, 0) is 9.53 Å². The van der Waals surface area contributed by atoms with Gasteiger partial charge in [0.15, 0.2) is 11.6 Å². The number of nitriles is 1. The number of nitrogens with zero attached hydrogens (tertiary/aromatic N) is 5. The van der Waals surface area contributed by atoms with E-state index in [4.69, 9.17) is 4.74 Å². The van der Waals surface area contributed by atoms with Crippen LogP contribution in [0.5, 0.6) is 11.5 Å². The van der Waals surface area contributed by atoms with E-state index in [1.165, 1.54) is 4.90 Å². The summed E-state index contributed by atoms with van der Waals surface area (Å²) in [6, 6.07) is 5.44. The summed E-state index contributed by atoms with van der Waals surface area (Å²) in [6.07, 6.45) is 3.92. The molecule has 2 rings (SSSR count). The zero-order valence-electron chi connectivity index (χ0n) is 16.9. The predicted octanol–water partition coefficient (Wildman–Crippen LogP) is 2.33. The molecule has 1 heterocycles. The lowest BCUT2D eigenvalue weighted by molar-refractivity contribution is -0.386. The van der Waals surface area contributed by atoms with Gasteiger partial charge in [0.1, 0.15) is 17.7 Å². The maximum Gasteiger partial charge on any atom is 0.315 e. The second-order valence-corrected chi connectivity index (χ2v) is 6.34. The third-order valence-corrected chi connectivity index (χ3v) is 4.30. The van der Waals surface area contributed by atoms with Crippen molar-refractivity contribution in [3.05, 3.63) is 57.7 Å². The van der Waals surface area contributed by atoms with Crippen LogP contribution in [0.2, 0.25) is 0 Å². The summed E-state index contributed by atoms with van der Waals surface area (Å²) in [5.41, 5.74) is -1.01. The summed E-state index contributed by atoms with van der Waals surface area (Å²) >= 11 is 0. The molecule has 2 N–H and O–H groups in total. The first-order chi connectivity index (χ1) is 14.8. The number of carbonyl (C=O) groups excluding carboxylic acids is 1. The average molecular weight is 427 g/mol. The van der Waals surface area contributed by atoms with Crippen molar-refractivity contribution in [2.45, 2.75) is 20.0 Å².